The zero-order chi connectivity index (χ0) is 30.4. The van der Waals surface area contributed by atoms with Crippen molar-refractivity contribution in [3.8, 4) is 0 Å². The maximum absolute atomic E-state index is 12.7. The zero-order valence-electron chi connectivity index (χ0n) is 22.8. The third kappa shape index (κ3) is 8.22. The molecule has 1 saturated carbocycles. The van der Waals surface area contributed by atoms with E-state index in [1.807, 2.05) is 0 Å². The van der Waals surface area contributed by atoms with Crippen LogP contribution >= 0.6 is 0 Å². The van der Waals surface area contributed by atoms with E-state index >= 15 is 0 Å². The van der Waals surface area contributed by atoms with Crippen molar-refractivity contribution < 1.29 is 65.4 Å². The molecule has 1 aliphatic carbocycles. The first-order valence-electron chi connectivity index (χ1n) is 12.0. The van der Waals surface area contributed by atoms with Gasteiger partial charge in [0.1, 0.15) is 5.60 Å². The zero-order valence-corrected chi connectivity index (χ0v) is 23.6. The smallest absolute Gasteiger partial charge is 0.303 e. The minimum atomic E-state index is -4.34. The fourth-order valence-corrected chi connectivity index (χ4v) is 5.21. The van der Waals surface area contributed by atoms with Crippen LogP contribution in [0.5, 0.6) is 0 Å². The molecule has 5 unspecified atom stereocenters. The van der Waals surface area contributed by atoms with Gasteiger partial charge in [-0.15, -0.1) is 0 Å². The van der Waals surface area contributed by atoms with Crippen LogP contribution in [0.3, 0.4) is 0 Å². The number of aryl methyl sites for hydroxylation is 1. The van der Waals surface area contributed by atoms with E-state index < -0.39 is 89.1 Å². The molecule has 1 aromatic carbocycles. The molecule has 1 aliphatic rings. The second-order valence-electron chi connectivity index (χ2n) is 9.11. The maximum Gasteiger partial charge on any atom is 0.303 e. The number of carbonyl (C=O) groups is 5. The van der Waals surface area contributed by atoms with Crippen molar-refractivity contribution >= 4 is 40.0 Å². The van der Waals surface area contributed by atoms with E-state index in [2.05, 4.69) is 0 Å². The minimum absolute atomic E-state index is 0.188. The molecule has 0 amide bonds. The summed E-state index contributed by atoms with van der Waals surface area (Å²) >= 11 is 0. The van der Waals surface area contributed by atoms with Crippen molar-refractivity contribution in [3.05, 3.63) is 29.8 Å². The lowest BCUT2D eigenvalue weighted by Crippen LogP contribution is -2.74. The standard InChI is InChI=1S/C25H32O14S/c1-13-7-9-19(10-8-13)40(32,33)34-12-11-25(31)23(38-17(5)29)21(36-15(3)27)20(35-14(2)26)22(37-16(4)28)24(25)39-18(6)30/h7-10,20-24,31H,11-12H2,1-6H3/t20?,21?,22?,23-,24?,25?/m0/s1. The maximum atomic E-state index is 12.7. The Hall–Kier alpha value is -3.56. The monoisotopic (exact) mass is 588 g/mol. The highest BCUT2D eigenvalue weighted by Gasteiger charge is 2.66. The van der Waals surface area contributed by atoms with Gasteiger partial charge in [0.15, 0.2) is 30.5 Å². The molecule has 14 nitrogen and oxygen atoms in total. The third-order valence-electron chi connectivity index (χ3n) is 5.77. The van der Waals surface area contributed by atoms with Gasteiger partial charge in [-0.05, 0) is 19.1 Å². The number of rotatable bonds is 10. The molecule has 40 heavy (non-hydrogen) atoms. The topological polar surface area (TPSA) is 195 Å². The molecular weight excluding hydrogens is 556 g/mol. The summed E-state index contributed by atoms with van der Waals surface area (Å²) in [5.74, 6) is -4.87. The van der Waals surface area contributed by atoms with Crippen molar-refractivity contribution in [3.63, 3.8) is 0 Å². The molecule has 0 spiro atoms. The summed E-state index contributed by atoms with van der Waals surface area (Å²) in [5, 5.41) is 12.0. The van der Waals surface area contributed by atoms with Crippen LogP contribution in [0.4, 0.5) is 0 Å². The lowest BCUT2D eigenvalue weighted by Gasteiger charge is -2.52. The lowest BCUT2D eigenvalue weighted by molar-refractivity contribution is -0.288. The second-order valence-corrected chi connectivity index (χ2v) is 10.7. The van der Waals surface area contributed by atoms with Crippen molar-refractivity contribution in [2.24, 2.45) is 0 Å². The van der Waals surface area contributed by atoms with Gasteiger partial charge in [-0.3, -0.25) is 28.2 Å². The first-order chi connectivity index (χ1) is 18.5. The molecule has 1 fully saturated rings. The third-order valence-corrected chi connectivity index (χ3v) is 7.10. The number of aliphatic hydroxyl groups is 1. The molecule has 0 saturated heterocycles. The van der Waals surface area contributed by atoms with Crippen LogP contribution in [0.25, 0.3) is 0 Å². The van der Waals surface area contributed by atoms with Crippen molar-refractivity contribution in [2.45, 2.75) is 89.0 Å². The van der Waals surface area contributed by atoms with Gasteiger partial charge in [0, 0.05) is 41.0 Å². The van der Waals surface area contributed by atoms with Crippen LogP contribution in [0.2, 0.25) is 0 Å². The molecule has 2 rings (SSSR count). The average Bonchev–Trinajstić information content (AvgIpc) is 2.80. The van der Waals surface area contributed by atoms with E-state index in [1.165, 1.54) is 12.1 Å². The largest absolute Gasteiger partial charge is 0.455 e. The Morgan fingerprint density at radius 2 is 1.07 bits per heavy atom. The normalized spacial score (nSPS) is 26.2. The summed E-state index contributed by atoms with van der Waals surface area (Å²) in [4.78, 5) is 60.0. The van der Waals surface area contributed by atoms with Crippen LogP contribution < -0.4 is 0 Å². The number of hydrogen-bond donors (Lipinski definition) is 1. The van der Waals surface area contributed by atoms with Crippen molar-refractivity contribution in [2.75, 3.05) is 6.61 Å². The molecule has 15 heteroatoms. The van der Waals surface area contributed by atoms with Crippen LogP contribution in [0.15, 0.2) is 29.2 Å². The van der Waals surface area contributed by atoms with Crippen molar-refractivity contribution in [1.29, 1.82) is 0 Å². The number of carbonyl (C=O) groups excluding carboxylic acids is 5. The van der Waals surface area contributed by atoms with Crippen molar-refractivity contribution in [1.82, 2.24) is 0 Å². The Bertz CT molecular complexity index is 1180. The van der Waals surface area contributed by atoms with Gasteiger partial charge in [-0.25, -0.2) is 0 Å². The van der Waals surface area contributed by atoms with Gasteiger partial charge in [0.25, 0.3) is 10.1 Å². The van der Waals surface area contributed by atoms with E-state index in [9.17, 15) is 37.5 Å². The Kier molecular flexibility index (Phi) is 10.8. The predicted molar refractivity (Wildman–Crippen MR) is 132 cm³/mol. The lowest BCUT2D eigenvalue weighted by atomic mass is 9.72. The Morgan fingerprint density at radius 1 is 0.700 bits per heavy atom. The summed E-state index contributed by atoms with van der Waals surface area (Å²) < 4.78 is 56.9. The quantitative estimate of drug-likeness (QED) is 0.225. The van der Waals surface area contributed by atoms with Gasteiger partial charge in [-0.2, -0.15) is 8.42 Å². The molecule has 1 N–H and O–H groups in total. The second kappa shape index (κ2) is 13.2. The first kappa shape index (κ1) is 32.7. The molecule has 6 atom stereocenters. The fourth-order valence-electron chi connectivity index (χ4n) is 4.30. The summed E-state index contributed by atoms with van der Waals surface area (Å²) in [5.41, 5.74) is -1.81. The Morgan fingerprint density at radius 3 is 1.45 bits per heavy atom. The van der Waals surface area contributed by atoms with Gasteiger partial charge in [-0.1, -0.05) is 17.7 Å². The van der Waals surface area contributed by atoms with Gasteiger partial charge in [0.2, 0.25) is 0 Å². The first-order valence-corrected chi connectivity index (χ1v) is 13.4. The highest BCUT2D eigenvalue weighted by atomic mass is 32.2. The molecule has 0 aliphatic heterocycles. The highest BCUT2D eigenvalue weighted by molar-refractivity contribution is 7.86. The average molecular weight is 589 g/mol. The van der Waals surface area contributed by atoms with E-state index in [0.717, 1.165) is 40.2 Å². The van der Waals surface area contributed by atoms with E-state index in [-0.39, 0.29) is 4.90 Å². The predicted octanol–water partition coefficient (Wildman–Crippen LogP) is 0.494. The van der Waals surface area contributed by atoms with Crippen LogP contribution in [0.1, 0.15) is 46.6 Å². The Labute approximate surface area is 230 Å². The van der Waals surface area contributed by atoms with E-state index in [4.69, 9.17) is 27.9 Å². The Balaban J connectivity index is 2.63. The summed E-state index contributed by atoms with van der Waals surface area (Å²) in [6.45, 7) is 5.85. The molecule has 0 radical (unpaired) electrons. The molecule has 0 bridgehead atoms. The summed E-state index contributed by atoms with van der Waals surface area (Å²) in [7, 11) is -4.34. The summed E-state index contributed by atoms with van der Waals surface area (Å²) in [6, 6.07) is 5.70. The SMILES string of the molecule is CC(=O)OC1C(OC(C)=O)C(OC(C)=O)C(O)(CCOS(=O)(=O)c2ccc(C)cc2)[C@@H](OC(C)=O)C1OC(C)=O. The van der Waals surface area contributed by atoms with Crippen LogP contribution in [-0.4, -0.2) is 86.1 Å². The van der Waals surface area contributed by atoms with Gasteiger partial charge in [0.05, 0.1) is 11.5 Å². The van der Waals surface area contributed by atoms with Gasteiger partial charge < -0.3 is 28.8 Å². The minimum Gasteiger partial charge on any atom is -0.455 e. The van der Waals surface area contributed by atoms with Crippen LogP contribution in [0, 0.1) is 6.92 Å². The highest BCUT2D eigenvalue weighted by Crippen LogP contribution is 2.41. The molecule has 0 aromatic heterocycles. The van der Waals surface area contributed by atoms with Crippen LogP contribution in [-0.2, 0) is 62.0 Å². The number of esters is 5. The molecule has 222 valence electrons. The number of ether oxygens (including phenoxy) is 5. The molecule has 1 aromatic rings. The molecular formula is C25H32O14S. The number of benzene rings is 1. The molecule has 0 heterocycles. The van der Waals surface area contributed by atoms with Gasteiger partial charge >= 0.3 is 29.8 Å². The van der Waals surface area contributed by atoms with E-state index in [0.29, 0.717) is 0 Å². The summed E-state index contributed by atoms with van der Waals surface area (Å²) in [6.07, 6.45) is -9.87. The number of hydrogen-bond acceptors (Lipinski definition) is 14. The fraction of sp³-hybridized carbons (Fsp3) is 0.560. The van der Waals surface area contributed by atoms with E-state index in [1.54, 1.807) is 19.1 Å².